The third kappa shape index (κ3) is 29.5. The number of amides is 2. The third-order valence-corrected chi connectivity index (χ3v) is 10.1. The number of carboxylic acids is 8. The summed E-state index contributed by atoms with van der Waals surface area (Å²) in [7, 11) is 0. The van der Waals surface area contributed by atoms with Crippen molar-refractivity contribution in [2.45, 2.75) is 92.4 Å². The molecule has 0 spiro atoms. The van der Waals surface area contributed by atoms with E-state index in [4.69, 9.17) is 79.2 Å². The standard InChI is InChI=1S/2C19H31N3O.4C2H2O4.H2O/c2*1-5-19(23)22(18-9-7-6-8-10-18)17(4)15-20-11-13-21(14-12-20)16(2)3;4*3-1(4)2(5)6;/h2*6-10,16-17H,5,11-15H2,1-4H3;4*(H,3,4)(H,5,6);1H2/p-8. The number of piperazine rings is 2. The number of nitrogens with zero attached hydrogens (tertiary/aromatic N) is 6. The van der Waals surface area contributed by atoms with Crippen LogP contribution in [0.25, 0.3) is 0 Å². The van der Waals surface area contributed by atoms with E-state index in [-0.39, 0.29) is 29.4 Å². The van der Waals surface area contributed by atoms with Gasteiger partial charge in [0, 0.05) is 114 Å². The fourth-order valence-electron chi connectivity index (χ4n) is 6.64. The molecule has 0 aromatic heterocycles. The maximum atomic E-state index is 12.4. The monoisotopic (exact) mass is 1000 g/mol. The number of benzene rings is 2. The van der Waals surface area contributed by atoms with Crippen molar-refractivity contribution in [3.8, 4) is 0 Å². The molecule has 2 aromatic rings. The van der Waals surface area contributed by atoms with E-state index in [1.807, 2.05) is 84.3 Å². The fraction of sp³-hybridized carbons (Fsp3) is 0.522. The van der Waals surface area contributed by atoms with Gasteiger partial charge in [-0.25, -0.2) is 0 Å². The van der Waals surface area contributed by atoms with Crippen molar-refractivity contribution in [3.63, 3.8) is 0 Å². The lowest BCUT2D eigenvalue weighted by molar-refractivity contribution is -0.345. The molecule has 25 heteroatoms. The molecule has 0 saturated carbocycles. The molecule has 2 atom stereocenters. The first-order valence-corrected chi connectivity index (χ1v) is 22.0. The molecule has 2 unspecified atom stereocenters. The van der Waals surface area contributed by atoms with Crippen LogP contribution in [0.1, 0.15) is 68.2 Å². The van der Waals surface area contributed by atoms with Crippen LogP contribution in [0.15, 0.2) is 60.7 Å². The van der Waals surface area contributed by atoms with E-state index in [9.17, 15) is 9.59 Å². The summed E-state index contributed by atoms with van der Waals surface area (Å²) in [6.45, 7) is 28.0. The summed E-state index contributed by atoms with van der Waals surface area (Å²) in [4.78, 5) is 110. The van der Waals surface area contributed by atoms with Gasteiger partial charge in [-0.1, -0.05) is 50.2 Å². The minimum Gasteiger partial charge on any atom is -0.543 e. The van der Waals surface area contributed by atoms with Gasteiger partial charge in [0.1, 0.15) is 0 Å². The molecule has 2 aliphatic rings. The molecule has 400 valence electrons. The van der Waals surface area contributed by atoms with E-state index >= 15 is 0 Å². The van der Waals surface area contributed by atoms with E-state index in [2.05, 4.69) is 61.1 Å². The van der Waals surface area contributed by atoms with E-state index < -0.39 is 47.8 Å². The van der Waals surface area contributed by atoms with Crippen LogP contribution in [0.4, 0.5) is 11.4 Å². The zero-order chi connectivity index (χ0) is 54.3. The van der Waals surface area contributed by atoms with Crippen LogP contribution in [0.5, 0.6) is 0 Å². The van der Waals surface area contributed by atoms with E-state index in [1.54, 1.807) is 0 Å². The first-order valence-electron chi connectivity index (χ1n) is 22.0. The van der Waals surface area contributed by atoms with Gasteiger partial charge >= 0.3 is 0 Å². The summed E-state index contributed by atoms with van der Waals surface area (Å²) < 4.78 is 0. The van der Waals surface area contributed by atoms with Crippen LogP contribution in [0.2, 0.25) is 0 Å². The molecule has 2 aliphatic heterocycles. The largest absolute Gasteiger partial charge is 0.543 e. The Morgan fingerprint density at radius 3 is 0.789 bits per heavy atom. The molecule has 2 heterocycles. The molecule has 25 nitrogen and oxygen atoms in total. The third-order valence-electron chi connectivity index (χ3n) is 10.1. The summed E-state index contributed by atoms with van der Waals surface area (Å²) in [6, 6.07) is 21.7. The van der Waals surface area contributed by atoms with Crippen molar-refractivity contribution in [1.29, 1.82) is 0 Å². The van der Waals surface area contributed by atoms with Crippen LogP contribution in [0.3, 0.4) is 0 Å². The van der Waals surface area contributed by atoms with Crippen molar-refractivity contribution in [2.75, 3.05) is 75.2 Å². The number of aliphatic carboxylic acids is 8. The van der Waals surface area contributed by atoms with Crippen LogP contribution < -0.4 is 50.7 Å². The number of carbonyl (C=O) groups is 10. The molecule has 0 bridgehead atoms. The van der Waals surface area contributed by atoms with Crippen LogP contribution in [-0.4, -0.2) is 174 Å². The van der Waals surface area contributed by atoms with Gasteiger partial charge in [-0.2, -0.15) is 0 Å². The van der Waals surface area contributed by atoms with Crippen molar-refractivity contribution < 1.29 is 94.3 Å². The van der Waals surface area contributed by atoms with Crippen molar-refractivity contribution in [2.24, 2.45) is 0 Å². The molecule has 2 N–H and O–H groups in total. The Balaban J connectivity index is -0.000000889. The predicted octanol–water partition coefficient (Wildman–Crippen LogP) is -9.19. The van der Waals surface area contributed by atoms with Gasteiger partial charge in [-0.05, 0) is 65.8 Å². The smallest absolute Gasteiger partial charge is 0.226 e. The maximum absolute atomic E-state index is 12.4. The maximum Gasteiger partial charge on any atom is 0.226 e. The summed E-state index contributed by atoms with van der Waals surface area (Å²) >= 11 is 0. The molecule has 71 heavy (non-hydrogen) atoms. The van der Waals surface area contributed by atoms with Gasteiger partial charge in [0.2, 0.25) is 11.8 Å². The Labute approximate surface area is 412 Å². The van der Waals surface area contributed by atoms with Gasteiger partial charge in [0.05, 0.1) is 47.8 Å². The van der Waals surface area contributed by atoms with Gasteiger partial charge in [0.15, 0.2) is 0 Å². The lowest BCUT2D eigenvalue weighted by atomic mass is 10.1. The van der Waals surface area contributed by atoms with Gasteiger partial charge in [-0.3, -0.25) is 29.2 Å². The van der Waals surface area contributed by atoms with Crippen LogP contribution in [0, 0.1) is 0 Å². The summed E-state index contributed by atoms with van der Waals surface area (Å²) in [5.41, 5.74) is 2.01. The van der Waals surface area contributed by atoms with Crippen molar-refractivity contribution in [1.82, 2.24) is 19.6 Å². The number of rotatable bonds is 12. The normalized spacial score (nSPS) is 14.2. The van der Waals surface area contributed by atoms with Crippen molar-refractivity contribution >= 4 is 70.9 Å². The van der Waals surface area contributed by atoms with Gasteiger partial charge < -0.3 is 94.5 Å². The summed E-state index contributed by atoms with van der Waals surface area (Å²) in [5, 5.41) is 71.4. The molecule has 4 rings (SSSR count). The lowest BCUT2D eigenvalue weighted by Gasteiger charge is -2.39. The average Bonchev–Trinajstić information content (AvgIpc) is 3.31. The first-order chi connectivity index (χ1) is 32.6. The van der Waals surface area contributed by atoms with Gasteiger partial charge in [0.25, 0.3) is 0 Å². The second kappa shape index (κ2) is 36.9. The molecular weight excluding hydrogens is 941 g/mol. The van der Waals surface area contributed by atoms with Crippen molar-refractivity contribution in [3.05, 3.63) is 60.7 Å². The number of hydrogen-bond acceptors (Lipinski definition) is 22. The molecule has 2 saturated heterocycles. The summed E-state index contributed by atoms with van der Waals surface area (Å²) in [6.07, 6.45) is 1.08. The zero-order valence-electron chi connectivity index (χ0n) is 41.1. The number of carboxylic acid groups (broad SMARTS) is 8. The molecule has 0 aliphatic carbocycles. The fourth-order valence-corrected chi connectivity index (χ4v) is 6.64. The number of carbonyl (C=O) groups excluding carboxylic acids is 10. The second-order valence-electron chi connectivity index (χ2n) is 15.8. The quantitative estimate of drug-likeness (QED) is 0.178. The molecule has 0 radical (unpaired) electrons. The highest BCUT2D eigenvalue weighted by Gasteiger charge is 2.27. The lowest BCUT2D eigenvalue weighted by Crippen LogP contribution is -2.53. The van der Waals surface area contributed by atoms with Crippen LogP contribution in [-0.2, 0) is 47.9 Å². The zero-order valence-corrected chi connectivity index (χ0v) is 41.1. The summed E-state index contributed by atoms with van der Waals surface area (Å²) in [5.74, 6) is -17.1. The Hall–Kier alpha value is -7.06. The van der Waals surface area contributed by atoms with Crippen LogP contribution >= 0.6 is 0 Å². The highest BCUT2D eigenvalue weighted by molar-refractivity contribution is 6.26. The number of anilines is 2. The average molecular weight is 1010 g/mol. The Bertz CT molecular complexity index is 1720. The minimum absolute atomic E-state index is 0. The number of hydrogen-bond donors (Lipinski definition) is 0. The molecule has 2 fully saturated rings. The Kier molecular flexibility index (Phi) is 35.4. The second-order valence-corrected chi connectivity index (χ2v) is 15.8. The first kappa shape index (κ1) is 68.2. The van der Waals surface area contributed by atoms with E-state index in [0.717, 1.165) is 76.8 Å². The Morgan fingerprint density at radius 2 is 0.620 bits per heavy atom. The topological polar surface area (TPSA) is 406 Å². The predicted molar refractivity (Wildman–Crippen MR) is 237 cm³/mol. The molecule has 2 aromatic carbocycles. The minimum atomic E-state index is -2.19. The van der Waals surface area contributed by atoms with E-state index in [0.29, 0.717) is 24.9 Å². The number of para-hydroxylation sites is 2. The van der Waals surface area contributed by atoms with Gasteiger partial charge in [-0.15, -0.1) is 0 Å². The molecule has 2 amide bonds. The SMILES string of the molecule is CCC(=O)N(c1ccccc1)C(C)CN1CCN(C(C)C)CC1.CCC(=O)N(c1ccccc1)C(C)CN1CCN(C(C)C)CC1.O.O=C([O-])C(=O)[O-].O=C([O-])C(=O)[O-].O=C([O-])C(=O)[O-].O=C([O-])C(=O)[O-]. The highest BCUT2D eigenvalue weighted by atomic mass is 16.5. The highest BCUT2D eigenvalue weighted by Crippen LogP contribution is 2.21. The Morgan fingerprint density at radius 1 is 0.408 bits per heavy atom. The molecular formula is C46H64N6O19-8. The van der Waals surface area contributed by atoms with E-state index in [1.165, 1.54) is 0 Å².